The highest BCUT2D eigenvalue weighted by atomic mass is 19.1. The molecule has 40 heavy (non-hydrogen) atoms. The Labute approximate surface area is 233 Å². The van der Waals surface area contributed by atoms with E-state index in [9.17, 15) is 19.1 Å². The number of amides is 2. The summed E-state index contributed by atoms with van der Waals surface area (Å²) in [6.07, 6.45) is 5.44. The molecule has 2 atom stereocenters. The fraction of sp³-hybridized carbons (Fsp3) is 0.452. The summed E-state index contributed by atoms with van der Waals surface area (Å²) < 4.78 is 20.8. The molecule has 8 nitrogen and oxygen atoms in total. The van der Waals surface area contributed by atoms with Crippen molar-refractivity contribution in [3.05, 3.63) is 88.7 Å². The largest absolute Gasteiger partial charge is 0.387 e. The van der Waals surface area contributed by atoms with Gasteiger partial charge < -0.3 is 19.6 Å². The van der Waals surface area contributed by atoms with Gasteiger partial charge in [0.1, 0.15) is 5.82 Å². The normalized spacial score (nSPS) is 24.4. The molecule has 2 amide bonds. The van der Waals surface area contributed by atoms with Crippen molar-refractivity contribution in [3.8, 4) is 11.3 Å². The molecule has 1 N–H and O–H groups in total. The maximum Gasteiger partial charge on any atom is 0.320 e. The first kappa shape index (κ1) is 26.7. The van der Waals surface area contributed by atoms with E-state index in [-0.39, 0.29) is 30.0 Å². The van der Waals surface area contributed by atoms with Crippen LogP contribution in [-0.2, 0) is 11.3 Å². The highest BCUT2D eigenvalue weighted by molar-refractivity contribution is 5.75. The number of likely N-dealkylation sites (tertiary alicyclic amines) is 1. The Balaban J connectivity index is 1.22. The molecule has 3 aliphatic rings. The molecule has 2 saturated heterocycles. The molecule has 3 heterocycles. The Bertz CT molecular complexity index is 1410. The molecule has 1 aliphatic carbocycles. The van der Waals surface area contributed by atoms with Gasteiger partial charge in [-0.05, 0) is 37.0 Å². The van der Waals surface area contributed by atoms with Crippen molar-refractivity contribution in [2.45, 2.75) is 50.3 Å². The minimum atomic E-state index is -1.14. The van der Waals surface area contributed by atoms with E-state index in [2.05, 4.69) is 4.98 Å². The predicted octanol–water partition coefficient (Wildman–Crippen LogP) is 4.24. The van der Waals surface area contributed by atoms with Crippen LogP contribution in [0.4, 0.5) is 9.18 Å². The van der Waals surface area contributed by atoms with Gasteiger partial charge in [0, 0.05) is 36.7 Å². The number of hydrogen-bond donors (Lipinski definition) is 1. The lowest BCUT2D eigenvalue weighted by Gasteiger charge is -2.53. The van der Waals surface area contributed by atoms with E-state index >= 15 is 0 Å². The minimum Gasteiger partial charge on any atom is -0.387 e. The van der Waals surface area contributed by atoms with Gasteiger partial charge in [-0.25, -0.2) is 14.2 Å². The van der Waals surface area contributed by atoms with Gasteiger partial charge in [0.2, 0.25) is 0 Å². The van der Waals surface area contributed by atoms with E-state index in [4.69, 9.17) is 4.74 Å². The maximum atomic E-state index is 13.9. The molecule has 210 valence electrons. The van der Waals surface area contributed by atoms with Crippen molar-refractivity contribution in [3.63, 3.8) is 0 Å². The zero-order valence-electron chi connectivity index (χ0n) is 22.5. The zero-order valence-corrected chi connectivity index (χ0v) is 22.5. The predicted molar refractivity (Wildman–Crippen MR) is 148 cm³/mol. The maximum absolute atomic E-state index is 13.9. The molecule has 9 heteroatoms. The average Bonchev–Trinajstić information content (AvgIpc) is 3.46. The number of morpholine rings is 1. The van der Waals surface area contributed by atoms with Crippen molar-refractivity contribution < 1.29 is 19.0 Å². The molecule has 6 rings (SSSR count). The second-order valence-corrected chi connectivity index (χ2v) is 11.4. The Hall–Kier alpha value is -3.56. The van der Waals surface area contributed by atoms with Gasteiger partial charge in [-0.15, -0.1) is 0 Å². The van der Waals surface area contributed by atoms with E-state index in [0.717, 1.165) is 36.8 Å². The first-order chi connectivity index (χ1) is 19.4. The summed E-state index contributed by atoms with van der Waals surface area (Å²) >= 11 is 0. The second kappa shape index (κ2) is 10.8. The van der Waals surface area contributed by atoms with Crippen LogP contribution in [0.3, 0.4) is 0 Å². The van der Waals surface area contributed by atoms with Gasteiger partial charge in [-0.2, -0.15) is 0 Å². The van der Waals surface area contributed by atoms with Crippen LogP contribution < -0.4 is 5.56 Å². The summed E-state index contributed by atoms with van der Waals surface area (Å²) in [5, 5.41) is 12.2. The smallest absolute Gasteiger partial charge is 0.320 e. The highest BCUT2D eigenvalue weighted by Crippen LogP contribution is 2.51. The van der Waals surface area contributed by atoms with Crippen LogP contribution in [0.25, 0.3) is 11.3 Å². The van der Waals surface area contributed by atoms with Gasteiger partial charge in [0.25, 0.3) is 5.56 Å². The van der Waals surface area contributed by atoms with Gasteiger partial charge in [-0.1, -0.05) is 55.3 Å². The van der Waals surface area contributed by atoms with E-state index in [1.807, 2.05) is 40.1 Å². The minimum absolute atomic E-state index is 0.0861. The summed E-state index contributed by atoms with van der Waals surface area (Å²) in [7, 11) is 0. The third-order valence-electron chi connectivity index (χ3n) is 9.12. The standard InChI is InChI=1S/C31H35FN4O4/c32-25-10-8-24(9-11-25)27-19-40-17-16-36(27)29(38)34-15-14-31(39,30(20-34)12-4-5-13-30)21-35-22-33-26(18-28(35)37)23-6-2-1-3-7-23/h1-3,6-11,18,22,27,39H,4-5,12-17,19-21H2. The van der Waals surface area contributed by atoms with Crippen molar-refractivity contribution in [1.29, 1.82) is 0 Å². The number of aromatic nitrogens is 2. The van der Waals surface area contributed by atoms with Crippen LogP contribution >= 0.6 is 0 Å². The molecule has 2 aromatic carbocycles. The number of hydrogen-bond acceptors (Lipinski definition) is 5. The number of rotatable bonds is 4. The van der Waals surface area contributed by atoms with Crippen LogP contribution in [0.1, 0.15) is 43.7 Å². The fourth-order valence-electron chi connectivity index (χ4n) is 6.83. The third-order valence-corrected chi connectivity index (χ3v) is 9.12. The summed E-state index contributed by atoms with van der Waals surface area (Å²) in [5.41, 5.74) is 0.462. The average molecular weight is 547 g/mol. The Kier molecular flexibility index (Phi) is 7.18. The van der Waals surface area contributed by atoms with Crippen molar-refractivity contribution in [2.75, 3.05) is 32.8 Å². The van der Waals surface area contributed by atoms with E-state index in [1.54, 1.807) is 12.1 Å². The molecule has 1 aromatic heterocycles. The van der Waals surface area contributed by atoms with Crippen LogP contribution in [0.2, 0.25) is 0 Å². The van der Waals surface area contributed by atoms with Gasteiger partial charge in [0.05, 0.1) is 43.4 Å². The number of nitrogens with zero attached hydrogens (tertiary/aromatic N) is 4. The van der Waals surface area contributed by atoms with Gasteiger partial charge in [-0.3, -0.25) is 9.36 Å². The number of aliphatic hydroxyl groups is 1. The molecule has 1 spiro atoms. The summed E-state index contributed by atoms with van der Waals surface area (Å²) in [6.45, 7) is 2.21. The quantitative estimate of drug-likeness (QED) is 0.529. The number of halogens is 1. The number of piperidine rings is 1. The Morgan fingerprint density at radius 3 is 2.52 bits per heavy atom. The first-order valence-electron chi connectivity index (χ1n) is 14.1. The van der Waals surface area contributed by atoms with E-state index in [1.165, 1.54) is 29.1 Å². The van der Waals surface area contributed by atoms with Gasteiger partial charge in [0.15, 0.2) is 0 Å². The Morgan fingerprint density at radius 1 is 1.05 bits per heavy atom. The molecule has 3 aromatic rings. The third kappa shape index (κ3) is 4.92. The molecular weight excluding hydrogens is 511 g/mol. The van der Waals surface area contributed by atoms with Crippen molar-refractivity contribution >= 4 is 6.03 Å². The number of benzene rings is 2. The molecule has 0 bridgehead atoms. The molecule has 2 aliphatic heterocycles. The zero-order chi connectivity index (χ0) is 27.7. The van der Waals surface area contributed by atoms with Gasteiger partial charge >= 0.3 is 6.03 Å². The lowest BCUT2D eigenvalue weighted by molar-refractivity contribution is -0.137. The lowest BCUT2D eigenvalue weighted by atomic mass is 9.66. The summed E-state index contributed by atoms with van der Waals surface area (Å²) in [4.78, 5) is 35.2. The van der Waals surface area contributed by atoms with Crippen LogP contribution in [0, 0.1) is 11.2 Å². The van der Waals surface area contributed by atoms with Crippen LogP contribution in [0.5, 0.6) is 0 Å². The monoisotopic (exact) mass is 546 g/mol. The molecule has 0 radical (unpaired) electrons. The lowest BCUT2D eigenvalue weighted by Crippen LogP contribution is -2.64. The molecule has 3 fully saturated rings. The number of urea groups is 1. The molecule has 2 unspecified atom stereocenters. The Morgan fingerprint density at radius 2 is 1.80 bits per heavy atom. The van der Waals surface area contributed by atoms with Crippen molar-refractivity contribution in [2.24, 2.45) is 5.41 Å². The van der Waals surface area contributed by atoms with Crippen molar-refractivity contribution in [1.82, 2.24) is 19.4 Å². The molecular formula is C31H35FN4O4. The summed E-state index contributed by atoms with van der Waals surface area (Å²) in [5.74, 6) is -0.319. The number of carbonyl (C=O) groups is 1. The number of ether oxygens (including phenoxy) is 1. The first-order valence-corrected chi connectivity index (χ1v) is 14.1. The SMILES string of the molecule is O=C(N1CCC(O)(Cn2cnc(-c3ccccc3)cc2=O)C2(CCCC2)C1)N1CCOCC1c1ccc(F)cc1. The topological polar surface area (TPSA) is 87.9 Å². The van der Waals surface area contributed by atoms with Crippen LogP contribution in [0.15, 0.2) is 71.8 Å². The fourth-order valence-corrected chi connectivity index (χ4v) is 6.83. The van der Waals surface area contributed by atoms with E-state index < -0.39 is 11.0 Å². The summed E-state index contributed by atoms with van der Waals surface area (Å²) in [6, 6.07) is 16.9. The second-order valence-electron chi connectivity index (χ2n) is 11.4. The van der Waals surface area contributed by atoms with Crippen LogP contribution in [-0.4, -0.2) is 68.9 Å². The highest BCUT2D eigenvalue weighted by Gasteiger charge is 2.56. The molecule has 1 saturated carbocycles. The van der Waals surface area contributed by atoms with E-state index in [0.29, 0.717) is 45.0 Å². The number of carbonyl (C=O) groups excluding carboxylic acids is 1.